The van der Waals surface area contributed by atoms with Gasteiger partial charge in [-0.2, -0.15) is 0 Å². The molecule has 2 atom stereocenters. The van der Waals surface area contributed by atoms with Gasteiger partial charge in [0.25, 0.3) is 0 Å². The van der Waals surface area contributed by atoms with Gasteiger partial charge in [-0.15, -0.1) is 0 Å². The number of benzene rings is 1. The first-order chi connectivity index (χ1) is 7.75. The lowest BCUT2D eigenvalue weighted by Gasteiger charge is -2.45. The first-order valence-electron chi connectivity index (χ1n) is 6.06. The molecule has 1 saturated heterocycles. The molecule has 2 heterocycles. The maximum absolute atomic E-state index is 6.02. The third kappa shape index (κ3) is 1.56. The summed E-state index contributed by atoms with van der Waals surface area (Å²) in [6.45, 7) is 4.60. The molecular formula is C13H17ClN2. The first-order valence-corrected chi connectivity index (χ1v) is 6.43. The molecule has 1 aromatic rings. The summed E-state index contributed by atoms with van der Waals surface area (Å²) in [6, 6.07) is 6.83. The summed E-state index contributed by atoms with van der Waals surface area (Å²) in [6.07, 6.45) is 2.66. The summed E-state index contributed by atoms with van der Waals surface area (Å²) < 4.78 is 0. The maximum atomic E-state index is 6.02. The molecule has 2 aliphatic rings. The number of halogens is 1. The largest absolute Gasteiger partial charge is 0.381 e. The van der Waals surface area contributed by atoms with Gasteiger partial charge in [0.05, 0.1) is 11.4 Å². The molecule has 0 radical (unpaired) electrons. The van der Waals surface area contributed by atoms with Crippen molar-refractivity contribution in [1.82, 2.24) is 0 Å². The van der Waals surface area contributed by atoms with Crippen LogP contribution in [-0.2, 0) is 0 Å². The van der Waals surface area contributed by atoms with E-state index >= 15 is 0 Å². The van der Waals surface area contributed by atoms with Gasteiger partial charge < -0.3 is 10.2 Å². The predicted octanol–water partition coefficient (Wildman–Crippen LogP) is 3.37. The summed E-state index contributed by atoms with van der Waals surface area (Å²) in [5, 5.41) is 4.32. The van der Waals surface area contributed by atoms with Crippen LogP contribution in [0.4, 0.5) is 11.4 Å². The van der Waals surface area contributed by atoms with E-state index in [2.05, 4.69) is 23.2 Å². The van der Waals surface area contributed by atoms with Gasteiger partial charge in [-0.3, -0.25) is 0 Å². The minimum Gasteiger partial charge on any atom is -0.381 e. The van der Waals surface area contributed by atoms with Crippen LogP contribution in [0.25, 0.3) is 0 Å². The van der Waals surface area contributed by atoms with Gasteiger partial charge in [-0.25, -0.2) is 0 Å². The lowest BCUT2D eigenvalue weighted by molar-refractivity contribution is 0.351. The second-order valence-corrected chi connectivity index (χ2v) is 5.36. The average molecular weight is 237 g/mol. The molecule has 2 nitrogen and oxygen atoms in total. The molecule has 86 valence electrons. The first kappa shape index (κ1) is 10.3. The molecule has 2 unspecified atom stereocenters. The molecule has 1 fully saturated rings. The Morgan fingerprint density at radius 2 is 2.31 bits per heavy atom. The van der Waals surface area contributed by atoms with Crippen LogP contribution >= 0.6 is 11.6 Å². The second-order valence-electron chi connectivity index (χ2n) is 4.92. The minimum absolute atomic E-state index is 0.655. The number of nitrogens with zero attached hydrogens (tertiary/aromatic N) is 1. The Balaban J connectivity index is 1.99. The van der Waals surface area contributed by atoms with Crippen molar-refractivity contribution in [1.29, 1.82) is 0 Å². The molecular weight excluding hydrogens is 220 g/mol. The molecule has 2 aliphatic heterocycles. The summed E-state index contributed by atoms with van der Waals surface area (Å²) >= 11 is 6.02. The number of fused-ring (bicyclic) bond motifs is 3. The normalized spacial score (nSPS) is 28.0. The van der Waals surface area contributed by atoms with Crippen molar-refractivity contribution >= 4 is 23.0 Å². The van der Waals surface area contributed by atoms with Gasteiger partial charge in [0.2, 0.25) is 0 Å². The highest BCUT2D eigenvalue weighted by Gasteiger charge is 2.32. The Bertz CT molecular complexity index is 405. The van der Waals surface area contributed by atoms with E-state index in [-0.39, 0.29) is 0 Å². The standard InChI is InChI=1S/C13H17ClN2/c1-9-3-2-6-16-12-5-4-10(14)7-11(12)15-8-13(9)16/h4-5,7,9,13,15H,2-3,6,8H2,1H3. The van der Waals surface area contributed by atoms with E-state index in [0.717, 1.165) is 17.5 Å². The van der Waals surface area contributed by atoms with Crippen LogP contribution in [0, 0.1) is 5.92 Å². The van der Waals surface area contributed by atoms with Gasteiger partial charge in [-0.1, -0.05) is 18.5 Å². The molecule has 0 bridgehead atoms. The maximum Gasteiger partial charge on any atom is 0.0606 e. The van der Waals surface area contributed by atoms with Crippen molar-refractivity contribution in [2.75, 3.05) is 23.3 Å². The van der Waals surface area contributed by atoms with Crippen molar-refractivity contribution in [3.8, 4) is 0 Å². The molecule has 0 saturated carbocycles. The van der Waals surface area contributed by atoms with Crippen LogP contribution in [0.1, 0.15) is 19.8 Å². The van der Waals surface area contributed by atoms with Gasteiger partial charge in [0, 0.05) is 24.2 Å². The van der Waals surface area contributed by atoms with E-state index in [4.69, 9.17) is 11.6 Å². The summed E-state index contributed by atoms with van der Waals surface area (Å²) in [5.74, 6) is 0.782. The van der Waals surface area contributed by atoms with E-state index < -0.39 is 0 Å². The Kier molecular flexibility index (Phi) is 2.47. The smallest absolute Gasteiger partial charge is 0.0606 e. The van der Waals surface area contributed by atoms with Crippen LogP contribution < -0.4 is 10.2 Å². The van der Waals surface area contributed by atoms with Crippen LogP contribution in [0.15, 0.2) is 18.2 Å². The Morgan fingerprint density at radius 1 is 1.44 bits per heavy atom. The van der Waals surface area contributed by atoms with E-state index in [0.29, 0.717) is 6.04 Å². The molecule has 3 heteroatoms. The molecule has 0 aliphatic carbocycles. The van der Waals surface area contributed by atoms with Crippen LogP contribution in [0.2, 0.25) is 5.02 Å². The number of anilines is 2. The summed E-state index contributed by atoms with van der Waals surface area (Å²) in [5.41, 5.74) is 2.52. The highest BCUT2D eigenvalue weighted by Crippen LogP contribution is 2.38. The van der Waals surface area contributed by atoms with Crippen LogP contribution in [0.5, 0.6) is 0 Å². The van der Waals surface area contributed by atoms with Crippen molar-refractivity contribution in [2.45, 2.75) is 25.8 Å². The number of piperidine rings is 1. The van der Waals surface area contributed by atoms with E-state index in [1.165, 1.54) is 30.8 Å². The number of rotatable bonds is 0. The zero-order valence-electron chi connectivity index (χ0n) is 9.54. The summed E-state index contributed by atoms with van der Waals surface area (Å²) in [7, 11) is 0. The van der Waals surface area contributed by atoms with Crippen molar-refractivity contribution < 1.29 is 0 Å². The number of hydrogen-bond acceptors (Lipinski definition) is 2. The SMILES string of the molecule is CC1CCCN2c3ccc(Cl)cc3NCC12. The molecule has 16 heavy (non-hydrogen) atoms. The lowest BCUT2D eigenvalue weighted by Crippen LogP contribution is -2.51. The van der Waals surface area contributed by atoms with Gasteiger partial charge in [0.15, 0.2) is 0 Å². The van der Waals surface area contributed by atoms with Gasteiger partial charge in [-0.05, 0) is 37.0 Å². The van der Waals surface area contributed by atoms with E-state index in [9.17, 15) is 0 Å². The summed E-state index contributed by atoms with van der Waals surface area (Å²) in [4.78, 5) is 2.55. The Hall–Kier alpha value is -0.890. The van der Waals surface area contributed by atoms with Gasteiger partial charge in [0.1, 0.15) is 0 Å². The molecule has 0 spiro atoms. The molecule has 0 aromatic heterocycles. The predicted molar refractivity (Wildman–Crippen MR) is 69.5 cm³/mol. The average Bonchev–Trinajstić information content (AvgIpc) is 2.28. The molecule has 1 aromatic carbocycles. The zero-order chi connectivity index (χ0) is 11.1. The third-order valence-corrected chi connectivity index (χ3v) is 4.12. The fourth-order valence-electron chi connectivity index (χ4n) is 2.97. The van der Waals surface area contributed by atoms with Gasteiger partial charge >= 0.3 is 0 Å². The van der Waals surface area contributed by atoms with Crippen molar-refractivity contribution in [2.24, 2.45) is 5.92 Å². The second kappa shape index (κ2) is 3.85. The number of hydrogen-bond donors (Lipinski definition) is 1. The third-order valence-electron chi connectivity index (χ3n) is 3.89. The molecule has 1 N–H and O–H groups in total. The lowest BCUT2D eigenvalue weighted by atomic mass is 9.88. The Labute approximate surface area is 102 Å². The topological polar surface area (TPSA) is 15.3 Å². The van der Waals surface area contributed by atoms with Crippen molar-refractivity contribution in [3.05, 3.63) is 23.2 Å². The minimum atomic E-state index is 0.655. The quantitative estimate of drug-likeness (QED) is 0.743. The monoisotopic (exact) mass is 236 g/mol. The van der Waals surface area contributed by atoms with Crippen LogP contribution in [-0.4, -0.2) is 19.1 Å². The van der Waals surface area contributed by atoms with E-state index in [1.807, 2.05) is 12.1 Å². The highest BCUT2D eigenvalue weighted by atomic mass is 35.5. The fraction of sp³-hybridized carbons (Fsp3) is 0.538. The van der Waals surface area contributed by atoms with E-state index in [1.54, 1.807) is 0 Å². The van der Waals surface area contributed by atoms with Crippen molar-refractivity contribution in [3.63, 3.8) is 0 Å². The molecule has 0 amide bonds. The molecule has 3 rings (SSSR count). The zero-order valence-corrected chi connectivity index (χ0v) is 10.3. The number of nitrogens with one attached hydrogen (secondary N) is 1. The Morgan fingerprint density at radius 3 is 3.19 bits per heavy atom. The fourth-order valence-corrected chi connectivity index (χ4v) is 3.15. The van der Waals surface area contributed by atoms with Crippen LogP contribution in [0.3, 0.4) is 0 Å². The highest BCUT2D eigenvalue weighted by molar-refractivity contribution is 6.31.